The normalized spacial score (nSPS) is 28.4. The zero-order chi connectivity index (χ0) is 31.5. The number of pyridine rings is 1. The summed E-state index contributed by atoms with van der Waals surface area (Å²) in [6.07, 6.45) is 1.54. The highest BCUT2D eigenvalue weighted by atomic mass is 16.3. The van der Waals surface area contributed by atoms with Gasteiger partial charge >= 0.3 is 0 Å². The summed E-state index contributed by atoms with van der Waals surface area (Å²) in [5, 5.41) is 25.7. The van der Waals surface area contributed by atoms with Crippen molar-refractivity contribution >= 4 is 40.6 Å². The highest BCUT2D eigenvalue weighted by molar-refractivity contribution is 6.32. The largest absolute Gasteiger partial charge is 0.505 e. The van der Waals surface area contributed by atoms with Gasteiger partial charge in [0, 0.05) is 17.7 Å². The summed E-state index contributed by atoms with van der Waals surface area (Å²) in [5.41, 5.74) is 3.53. The van der Waals surface area contributed by atoms with E-state index in [0.717, 1.165) is 0 Å². The molecule has 1 aromatic heterocycles. The lowest BCUT2D eigenvalue weighted by atomic mass is 9.52. The van der Waals surface area contributed by atoms with E-state index in [1.54, 1.807) is 43.4 Å². The summed E-state index contributed by atoms with van der Waals surface area (Å²) in [6.45, 7) is -0.0180. The number of rotatable bonds is 6. The van der Waals surface area contributed by atoms with Crippen LogP contribution >= 0.6 is 0 Å². The molecule has 1 heterocycles. The lowest BCUT2D eigenvalue weighted by molar-refractivity contribution is -0.181. The maximum Gasteiger partial charge on any atom is 0.238 e. The summed E-state index contributed by atoms with van der Waals surface area (Å²) in [6, 6.07) is 5.46. The van der Waals surface area contributed by atoms with Crippen molar-refractivity contribution in [2.24, 2.45) is 29.4 Å². The Morgan fingerprint density at radius 1 is 1.12 bits per heavy atom. The number of aromatic nitrogens is 1. The third-order valence-electron chi connectivity index (χ3n) is 8.74. The van der Waals surface area contributed by atoms with E-state index < -0.39 is 76.0 Å². The summed E-state index contributed by atoms with van der Waals surface area (Å²) in [5.74, 6) is -12.0. The van der Waals surface area contributed by atoms with E-state index in [9.17, 15) is 39.0 Å². The van der Waals surface area contributed by atoms with Crippen molar-refractivity contribution in [1.82, 2.24) is 14.8 Å². The van der Waals surface area contributed by atoms with Crippen molar-refractivity contribution in [2.75, 3.05) is 40.1 Å². The minimum absolute atomic E-state index is 0.0180. The van der Waals surface area contributed by atoms with E-state index >= 15 is 0 Å². The monoisotopic (exact) mass is 591 g/mol. The van der Waals surface area contributed by atoms with Gasteiger partial charge in [-0.3, -0.25) is 38.7 Å². The molecule has 226 valence electrons. The van der Waals surface area contributed by atoms with E-state index in [2.05, 4.69) is 10.3 Å². The van der Waals surface area contributed by atoms with E-state index in [0.29, 0.717) is 16.8 Å². The lowest BCUT2D eigenvalue weighted by Crippen LogP contribution is -2.74. The molecule has 0 aliphatic heterocycles. The molecule has 13 heteroatoms. The first-order chi connectivity index (χ1) is 20.2. The summed E-state index contributed by atoms with van der Waals surface area (Å²) < 4.78 is 0. The van der Waals surface area contributed by atoms with Gasteiger partial charge in [-0.15, -0.1) is 0 Å². The van der Waals surface area contributed by atoms with Crippen molar-refractivity contribution in [2.45, 2.75) is 24.5 Å². The minimum Gasteiger partial charge on any atom is -0.505 e. The van der Waals surface area contributed by atoms with Gasteiger partial charge in [-0.1, -0.05) is 6.07 Å². The smallest absolute Gasteiger partial charge is 0.238 e. The van der Waals surface area contributed by atoms with E-state index in [1.807, 2.05) is 0 Å². The van der Waals surface area contributed by atoms with Crippen LogP contribution in [0.15, 0.2) is 30.5 Å². The van der Waals surface area contributed by atoms with Gasteiger partial charge in [-0.2, -0.15) is 0 Å². The van der Waals surface area contributed by atoms with Crippen LogP contribution in [0.2, 0.25) is 0 Å². The fourth-order valence-electron chi connectivity index (χ4n) is 6.99. The van der Waals surface area contributed by atoms with Crippen molar-refractivity contribution in [3.05, 3.63) is 41.6 Å². The van der Waals surface area contributed by atoms with E-state index in [-0.39, 0.29) is 30.6 Å². The van der Waals surface area contributed by atoms with Gasteiger partial charge in [0.2, 0.25) is 11.8 Å². The second kappa shape index (κ2) is 10.7. The quantitative estimate of drug-likeness (QED) is 0.248. The zero-order valence-electron chi connectivity index (χ0n) is 24.2. The molecule has 3 aliphatic rings. The maximum absolute atomic E-state index is 14.2. The number of likely N-dealkylation sites (N-methyl/N-ethyl adjacent to an activating group) is 2. The van der Waals surface area contributed by atoms with Gasteiger partial charge in [0.15, 0.2) is 34.7 Å². The molecule has 2 unspecified atom stereocenters. The lowest BCUT2D eigenvalue weighted by Gasteiger charge is -2.52. The van der Waals surface area contributed by atoms with Crippen LogP contribution < -0.4 is 11.1 Å². The Bertz CT molecular complexity index is 1570. The fourth-order valence-corrected chi connectivity index (χ4v) is 6.99. The SMILES string of the molecule is CN(C)CC(=O)Nc1cc(-c2ccccn2)c2c(c1O)C(=O)C1C(=O)[C@]3(O)C(=O)C(C(N)=O)C(=O)[C@H](N(C)C)[C@@H]3C[C@@H]1C2. The second-order valence-corrected chi connectivity index (χ2v) is 12.0. The van der Waals surface area contributed by atoms with Crippen LogP contribution in [0.4, 0.5) is 5.69 Å². The third-order valence-corrected chi connectivity index (χ3v) is 8.74. The predicted octanol–water partition coefficient (Wildman–Crippen LogP) is -0.571. The Morgan fingerprint density at radius 2 is 1.81 bits per heavy atom. The molecule has 43 heavy (non-hydrogen) atoms. The second-order valence-electron chi connectivity index (χ2n) is 12.0. The first-order valence-electron chi connectivity index (χ1n) is 13.8. The highest BCUT2D eigenvalue weighted by Gasteiger charge is 2.69. The third kappa shape index (κ3) is 4.64. The van der Waals surface area contributed by atoms with Gasteiger partial charge in [0.25, 0.3) is 0 Å². The molecule has 0 saturated heterocycles. The number of carbonyl (C=O) groups is 6. The molecule has 3 aliphatic carbocycles. The van der Waals surface area contributed by atoms with Gasteiger partial charge in [-0.05, 0) is 70.7 Å². The molecule has 13 nitrogen and oxygen atoms in total. The van der Waals surface area contributed by atoms with E-state index in [4.69, 9.17) is 5.73 Å². The minimum atomic E-state index is -2.83. The number of ketones is 4. The zero-order valence-corrected chi connectivity index (χ0v) is 24.2. The number of amides is 2. The van der Waals surface area contributed by atoms with Gasteiger partial charge < -0.3 is 26.2 Å². The number of nitrogens with one attached hydrogen (secondary N) is 1. The molecular formula is C30H33N5O8. The number of aromatic hydroxyl groups is 1. The Hall–Kier alpha value is -4.33. The van der Waals surface area contributed by atoms with E-state index in [1.165, 1.54) is 25.1 Å². The first-order valence-corrected chi connectivity index (χ1v) is 13.8. The Labute approximate surface area is 247 Å². The number of hydrogen-bond acceptors (Lipinski definition) is 11. The van der Waals surface area contributed by atoms with Crippen LogP contribution in [0.1, 0.15) is 22.3 Å². The predicted molar refractivity (Wildman–Crippen MR) is 152 cm³/mol. The summed E-state index contributed by atoms with van der Waals surface area (Å²) in [4.78, 5) is 87.3. The molecule has 5 N–H and O–H groups in total. The maximum atomic E-state index is 14.2. The Balaban J connectivity index is 1.67. The van der Waals surface area contributed by atoms with Crippen LogP contribution in [0.3, 0.4) is 0 Å². The topological polar surface area (TPSA) is 200 Å². The number of aliphatic hydroxyl groups is 1. The molecular weight excluding hydrogens is 558 g/mol. The van der Waals surface area contributed by atoms with Crippen molar-refractivity contribution in [3.8, 4) is 17.0 Å². The molecule has 0 spiro atoms. The number of nitrogens with two attached hydrogens (primary N) is 1. The fraction of sp³-hybridized carbons (Fsp3) is 0.433. The molecule has 2 fully saturated rings. The number of fused-ring (bicyclic) bond motifs is 3. The summed E-state index contributed by atoms with van der Waals surface area (Å²) in [7, 11) is 6.42. The number of carbonyl (C=O) groups excluding carboxylic acids is 6. The average Bonchev–Trinajstić information content (AvgIpc) is 2.92. The average molecular weight is 592 g/mol. The van der Waals surface area contributed by atoms with Crippen LogP contribution in [-0.2, 0) is 30.4 Å². The van der Waals surface area contributed by atoms with Crippen LogP contribution in [0.25, 0.3) is 11.3 Å². The molecule has 6 atom stereocenters. The number of nitrogens with zero attached hydrogens (tertiary/aromatic N) is 3. The van der Waals surface area contributed by atoms with Crippen LogP contribution in [0.5, 0.6) is 5.75 Å². The molecule has 0 bridgehead atoms. The molecule has 0 radical (unpaired) electrons. The molecule has 2 aromatic rings. The van der Waals surface area contributed by atoms with Crippen molar-refractivity contribution in [3.63, 3.8) is 0 Å². The molecule has 2 amide bonds. The number of anilines is 1. The van der Waals surface area contributed by atoms with Crippen molar-refractivity contribution in [1.29, 1.82) is 0 Å². The highest BCUT2D eigenvalue weighted by Crippen LogP contribution is 2.52. The van der Waals surface area contributed by atoms with Gasteiger partial charge in [0.1, 0.15) is 5.75 Å². The Kier molecular flexibility index (Phi) is 7.53. The number of primary amides is 1. The standard InChI is InChI=1S/C30H33N5O8/c1-34(2)12-19(36)33-18-11-14(17-7-5-6-8-32-17)15-9-13-10-16-23(35(3)4)26(39)22(29(31)42)28(41)30(16,43)27(40)20(13)25(38)21(15)24(18)37/h5-8,11,13,16,20,22-23,37,43H,9-10,12H2,1-4H3,(H2,31,42)(H,33,36)/t13-,16-,20?,22?,23+,30-/m0/s1. The Morgan fingerprint density at radius 3 is 2.40 bits per heavy atom. The van der Waals surface area contributed by atoms with Gasteiger partial charge in [-0.25, -0.2) is 0 Å². The number of hydrogen-bond donors (Lipinski definition) is 4. The van der Waals surface area contributed by atoms with Crippen LogP contribution in [0, 0.1) is 23.7 Å². The molecule has 5 rings (SSSR count). The number of phenolic OH excluding ortho intramolecular Hbond substituents is 1. The molecule has 2 saturated carbocycles. The molecule has 1 aromatic carbocycles. The number of phenols is 1. The van der Waals surface area contributed by atoms with Crippen molar-refractivity contribution < 1.29 is 39.0 Å². The van der Waals surface area contributed by atoms with Gasteiger partial charge in [0.05, 0.1) is 35.4 Å². The summed E-state index contributed by atoms with van der Waals surface area (Å²) >= 11 is 0. The number of benzene rings is 1. The van der Waals surface area contributed by atoms with Crippen LogP contribution in [-0.4, -0.2) is 106 Å². The number of Topliss-reactive ketones (excluding diaryl/α,β-unsaturated/α-hetero) is 4. The first kappa shape index (κ1) is 30.1.